The Morgan fingerprint density at radius 3 is 2.21 bits per heavy atom. The molecule has 0 saturated carbocycles. The summed E-state index contributed by atoms with van der Waals surface area (Å²) in [5, 5.41) is 3.39. The summed E-state index contributed by atoms with van der Waals surface area (Å²) in [7, 11) is 0. The Bertz CT molecular complexity index is 1440. The maximum Gasteiger partial charge on any atom is 0.336 e. The SMILES string of the molecule is CC(=O)Oc1ccc([C@@H]2C(C(=O)OCCc3ccccc3)=C(C)NC3=C2C(=O)C[C@@H](c2ccccc2)C3)cc1. The second-order valence-electron chi connectivity index (χ2n) is 9.96. The van der Waals surface area contributed by atoms with Gasteiger partial charge in [-0.3, -0.25) is 9.59 Å². The van der Waals surface area contributed by atoms with Crippen molar-refractivity contribution in [3.63, 3.8) is 0 Å². The van der Waals surface area contributed by atoms with Crippen molar-refractivity contribution in [3.8, 4) is 5.75 Å². The van der Waals surface area contributed by atoms with Gasteiger partial charge in [0.15, 0.2) is 5.78 Å². The van der Waals surface area contributed by atoms with Gasteiger partial charge in [-0.15, -0.1) is 0 Å². The fourth-order valence-electron chi connectivity index (χ4n) is 5.48. The Balaban J connectivity index is 1.47. The molecule has 2 aliphatic rings. The molecule has 0 unspecified atom stereocenters. The predicted molar refractivity (Wildman–Crippen MR) is 148 cm³/mol. The van der Waals surface area contributed by atoms with Crippen molar-refractivity contribution in [1.29, 1.82) is 0 Å². The molecule has 3 aromatic carbocycles. The molecule has 2 atom stereocenters. The van der Waals surface area contributed by atoms with Gasteiger partial charge >= 0.3 is 11.9 Å². The molecule has 0 aromatic heterocycles. The molecule has 1 aliphatic carbocycles. The largest absolute Gasteiger partial charge is 0.462 e. The molecule has 6 heteroatoms. The lowest BCUT2D eigenvalue weighted by atomic mass is 9.72. The van der Waals surface area contributed by atoms with Crippen molar-refractivity contribution in [2.75, 3.05) is 6.61 Å². The van der Waals surface area contributed by atoms with E-state index in [0.717, 1.165) is 22.4 Å². The highest BCUT2D eigenvalue weighted by Crippen LogP contribution is 2.45. The minimum atomic E-state index is -0.582. The molecule has 0 amide bonds. The molecule has 0 fully saturated rings. The van der Waals surface area contributed by atoms with Crippen LogP contribution in [0.25, 0.3) is 0 Å². The maximum absolute atomic E-state index is 13.7. The highest BCUT2D eigenvalue weighted by Gasteiger charge is 2.41. The Labute approximate surface area is 228 Å². The van der Waals surface area contributed by atoms with Crippen LogP contribution in [0.3, 0.4) is 0 Å². The van der Waals surface area contributed by atoms with Gasteiger partial charge in [-0.05, 0) is 48.1 Å². The van der Waals surface area contributed by atoms with Crippen LogP contribution in [-0.2, 0) is 25.5 Å². The highest BCUT2D eigenvalue weighted by molar-refractivity contribution is 6.04. The molecule has 0 spiro atoms. The first-order valence-electron chi connectivity index (χ1n) is 13.2. The van der Waals surface area contributed by atoms with Crippen LogP contribution in [0, 0.1) is 0 Å². The molecule has 0 radical (unpaired) electrons. The lowest BCUT2D eigenvalue weighted by molar-refractivity contribution is -0.139. The molecule has 1 aliphatic heterocycles. The monoisotopic (exact) mass is 521 g/mol. The fraction of sp³-hybridized carbons (Fsp3) is 0.242. The molecule has 1 heterocycles. The summed E-state index contributed by atoms with van der Waals surface area (Å²) in [5.74, 6) is -0.975. The van der Waals surface area contributed by atoms with Crippen molar-refractivity contribution in [2.24, 2.45) is 0 Å². The molecule has 198 valence electrons. The summed E-state index contributed by atoms with van der Waals surface area (Å²) in [6.07, 6.45) is 1.63. The normalized spacial score (nSPS) is 18.8. The van der Waals surface area contributed by atoms with E-state index in [2.05, 4.69) is 17.4 Å². The zero-order valence-electron chi connectivity index (χ0n) is 22.1. The second kappa shape index (κ2) is 11.5. The standard InChI is InChI=1S/C33H31NO5/c1-21-30(33(37)38-18-17-23-9-5-3-6-10-23)31(25-13-15-27(16-14-25)39-22(2)35)32-28(34-21)19-26(20-29(32)36)24-11-7-4-8-12-24/h3-16,26,31,34H,17-20H2,1-2H3/t26-,31+/m0/s1. The third kappa shape index (κ3) is 5.85. The molecule has 0 saturated heterocycles. The second-order valence-corrected chi connectivity index (χ2v) is 9.96. The number of dihydropyridines is 1. The summed E-state index contributed by atoms with van der Waals surface area (Å²) < 4.78 is 11.0. The number of ether oxygens (including phenoxy) is 2. The van der Waals surface area contributed by atoms with Crippen molar-refractivity contribution < 1.29 is 23.9 Å². The van der Waals surface area contributed by atoms with E-state index in [1.807, 2.05) is 55.5 Å². The van der Waals surface area contributed by atoms with Gasteiger partial charge in [-0.25, -0.2) is 4.79 Å². The van der Waals surface area contributed by atoms with E-state index in [1.165, 1.54) is 6.92 Å². The van der Waals surface area contributed by atoms with E-state index >= 15 is 0 Å². The van der Waals surface area contributed by atoms with E-state index in [9.17, 15) is 14.4 Å². The predicted octanol–water partition coefficient (Wildman–Crippen LogP) is 5.76. The molecule has 5 rings (SSSR count). The third-order valence-corrected chi connectivity index (χ3v) is 7.26. The molecular weight excluding hydrogens is 490 g/mol. The van der Waals surface area contributed by atoms with Crippen LogP contribution in [0.4, 0.5) is 0 Å². The van der Waals surface area contributed by atoms with Crippen LogP contribution in [0.1, 0.15) is 55.2 Å². The third-order valence-electron chi connectivity index (χ3n) is 7.26. The Morgan fingerprint density at radius 2 is 1.54 bits per heavy atom. The fourth-order valence-corrected chi connectivity index (χ4v) is 5.48. The number of carbonyl (C=O) groups is 3. The summed E-state index contributed by atoms with van der Waals surface area (Å²) in [6.45, 7) is 3.43. The highest BCUT2D eigenvalue weighted by atomic mass is 16.5. The van der Waals surface area contributed by atoms with Gasteiger partial charge in [-0.2, -0.15) is 0 Å². The Hall–Kier alpha value is -4.45. The van der Waals surface area contributed by atoms with Crippen molar-refractivity contribution in [3.05, 3.63) is 124 Å². The molecule has 1 N–H and O–H groups in total. The van der Waals surface area contributed by atoms with Crippen LogP contribution >= 0.6 is 0 Å². The number of allylic oxidation sites excluding steroid dienone is 3. The zero-order chi connectivity index (χ0) is 27.4. The number of nitrogens with one attached hydrogen (secondary N) is 1. The number of Topliss-reactive ketones (excluding diaryl/α,β-unsaturated/α-hetero) is 1. The average molecular weight is 522 g/mol. The van der Waals surface area contributed by atoms with Crippen LogP contribution in [0.15, 0.2) is 107 Å². The maximum atomic E-state index is 13.7. The van der Waals surface area contributed by atoms with Gasteiger partial charge < -0.3 is 14.8 Å². The molecule has 3 aromatic rings. The number of benzene rings is 3. The molecule has 39 heavy (non-hydrogen) atoms. The number of hydrogen-bond acceptors (Lipinski definition) is 6. The minimum Gasteiger partial charge on any atom is -0.462 e. The lowest BCUT2D eigenvalue weighted by Crippen LogP contribution is -2.36. The van der Waals surface area contributed by atoms with E-state index in [-0.39, 0.29) is 18.3 Å². The summed E-state index contributed by atoms with van der Waals surface area (Å²) >= 11 is 0. The number of hydrogen-bond donors (Lipinski definition) is 1. The smallest absolute Gasteiger partial charge is 0.336 e. The number of esters is 2. The Morgan fingerprint density at radius 1 is 0.872 bits per heavy atom. The van der Waals surface area contributed by atoms with Crippen LogP contribution in [-0.4, -0.2) is 24.3 Å². The van der Waals surface area contributed by atoms with Crippen LogP contribution in [0.2, 0.25) is 0 Å². The molecule has 6 nitrogen and oxygen atoms in total. The van der Waals surface area contributed by atoms with Crippen molar-refractivity contribution in [2.45, 2.75) is 44.9 Å². The van der Waals surface area contributed by atoms with Gasteiger partial charge in [0.25, 0.3) is 0 Å². The average Bonchev–Trinajstić information content (AvgIpc) is 2.93. The van der Waals surface area contributed by atoms with Crippen LogP contribution < -0.4 is 10.1 Å². The number of carbonyl (C=O) groups excluding carboxylic acids is 3. The van der Waals surface area contributed by atoms with Crippen molar-refractivity contribution in [1.82, 2.24) is 5.32 Å². The Kier molecular flexibility index (Phi) is 7.73. The minimum absolute atomic E-state index is 0.00810. The van der Waals surface area contributed by atoms with Crippen LogP contribution in [0.5, 0.6) is 5.75 Å². The van der Waals surface area contributed by atoms with E-state index < -0.39 is 17.9 Å². The quantitative estimate of drug-likeness (QED) is 0.315. The summed E-state index contributed by atoms with van der Waals surface area (Å²) in [5.41, 5.74) is 5.50. The number of rotatable bonds is 7. The van der Waals surface area contributed by atoms with Gasteiger partial charge in [0.05, 0.1) is 12.2 Å². The van der Waals surface area contributed by atoms with Gasteiger partial charge in [-0.1, -0.05) is 72.8 Å². The molecule has 0 bridgehead atoms. The first-order chi connectivity index (χ1) is 18.9. The van der Waals surface area contributed by atoms with Gasteiger partial charge in [0, 0.05) is 42.7 Å². The first-order valence-corrected chi connectivity index (χ1v) is 13.2. The van der Waals surface area contributed by atoms with Gasteiger partial charge in [0.1, 0.15) is 5.75 Å². The summed E-state index contributed by atoms with van der Waals surface area (Å²) in [4.78, 5) is 38.7. The van der Waals surface area contributed by atoms with E-state index in [0.29, 0.717) is 41.9 Å². The lowest BCUT2D eigenvalue weighted by Gasteiger charge is -2.36. The number of ketones is 1. The van der Waals surface area contributed by atoms with Crippen molar-refractivity contribution >= 4 is 17.7 Å². The molecular formula is C33H31NO5. The van der Waals surface area contributed by atoms with Gasteiger partial charge in [0.2, 0.25) is 0 Å². The topological polar surface area (TPSA) is 81.7 Å². The van der Waals surface area contributed by atoms with E-state index in [4.69, 9.17) is 9.47 Å². The zero-order valence-corrected chi connectivity index (χ0v) is 22.1. The first kappa shape index (κ1) is 26.2. The summed E-state index contributed by atoms with van der Waals surface area (Å²) in [6, 6.07) is 26.9. The van der Waals surface area contributed by atoms with E-state index in [1.54, 1.807) is 24.3 Å².